The first-order valence-corrected chi connectivity index (χ1v) is 15.1. The smallest absolute Gasteiger partial charge is 0.350 e. The van der Waals surface area contributed by atoms with Crippen LogP contribution >= 0.6 is 0 Å². The minimum atomic E-state index is -4.72. The van der Waals surface area contributed by atoms with E-state index in [1.54, 1.807) is 45.0 Å². The lowest BCUT2D eigenvalue weighted by Crippen LogP contribution is -2.56. The molecule has 1 atom stereocenters. The number of rotatable bonds is 10. The molecule has 7 nitrogen and oxygen atoms in total. The third kappa shape index (κ3) is 9.34. The molecule has 3 aromatic rings. The first-order chi connectivity index (χ1) is 19.4. The van der Waals surface area contributed by atoms with E-state index in [4.69, 9.17) is 0 Å². The van der Waals surface area contributed by atoms with Crippen LogP contribution in [0.3, 0.4) is 0 Å². The van der Waals surface area contributed by atoms with Gasteiger partial charge in [0.1, 0.15) is 12.6 Å². The van der Waals surface area contributed by atoms with E-state index in [2.05, 4.69) is 5.32 Å². The number of alkyl halides is 3. The third-order valence-corrected chi connectivity index (χ3v) is 7.52. The Bertz CT molecular complexity index is 1490. The fourth-order valence-corrected chi connectivity index (χ4v) is 5.19. The second kappa shape index (κ2) is 13.0. The highest BCUT2D eigenvalue weighted by atomic mass is 32.2. The van der Waals surface area contributed by atoms with Gasteiger partial charge < -0.3 is 10.2 Å². The zero-order valence-corrected chi connectivity index (χ0v) is 25.1. The monoisotopic (exact) mass is 603 g/mol. The van der Waals surface area contributed by atoms with Crippen LogP contribution in [0.4, 0.5) is 18.9 Å². The van der Waals surface area contributed by atoms with Crippen LogP contribution in [0.25, 0.3) is 0 Å². The molecule has 0 fully saturated rings. The number of anilines is 1. The van der Waals surface area contributed by atoms with Crippen LogP contribution < -0.4 is 9.62 Å². The molecule has 0 aliphatic rings. The number of carbonyl (C=O) groups is 2. The highest BCUT2D eigenvalue weighted by molar-refractivity contribution is 7.92. The Morgan fingerprint density at radius 3 is 2.05 bits per heavy atom. The largest absolute Gasteiger partial charge is 0.416 e. The number of carbonyl (C=O) groups excluding carboxylic acids is 2. The van der Waals surface area contributed by atoms with Crippen molar-refractivity contribution in [2.75, 3.05) is 17.1 Å². The molecule has 0 saturated heterocycles. The number of sulfonamides is 1. The Kier molecular flexibility index (Phi) is 10.1. The number of aryl methyl sites for hydroxylation is 1. The molecular formula is C31H36F3N3O4S. The lowest BCUT2D eigenvalue weighted by molar-refractivity contribution is -0.140. The number of amides is 2. The normalized spacial score (nSPS) is 12.9. The Labute approximate surface area is 245 Å². The summed E-state index contributed by atoms with van der Waals surface area (Å²) in [4.78, 5) is 29.0. The SMILES string of the molecule is Cc1ccc(CN(C(=O)CN(c2cccc(C(F)(F)F)c2)S(C)(=O)=O)[C@H](Cc2ccccc2)C(=O)NC(C)(C)C)cc1. The predicted molar refractivity (Wildman–Crippen MR) is 157 cm³/mol. The van der Waals surface area contributed by atoms with Crippen molar-refractivity contribution < 1.29 is 31.2 Å². The number of nitrogens with one attached hydrogen (secondary N) is 1. The van der Waals surface area contributed by atoms with E-state index < -0.39 is 51.7 Å². The van der Waals surface area contributed by atoms with E-state index in [0.717, 1.165) is 29.5 Å². The summed E-state index contributed by atoms with van der Waals surface area (Å²) in [6, 6.07) is 19.1. The molecule has 0 radical (unpaired) electrons. The topological polar surface area (TPSA) is 86.8 Å². The van der Waals surface area contributed by atoms with E-state index in [1.807, 2.05) is 37.3 Å². The van der Waals surface area contributed by atoms with Crippen LogP contribution in [-0.2, 0) is 38.8 Å². The highest BCUT2D eigenvalue weighted by Crippen LogP contribution is 2.32. The zero-order chi connectivity index (χ0) is 31.3. The first kappa shape index (κ1) is 32.7. The van der Waals surface area contributed by atoms with Crippen LogP contribution in [0, 0.1) is 6.92 Å². The van der Waals surface area contributed by atoms with Crippen LogP contribution in [0.1, 0.15) is 43.0 Å². The van der Waals surface area contributed by atoms with E-state index in [1.165, 1.54) is 11.0 Å². The van der Waals surface area contributed by atoms with Crippen LogP contribution in [0.5, 0.6) is 0 Å². The Morgan fingerprint density at radius 2 is 1.50 bits per heavy atom. The van der Waals surface area contributed by atoms with Crippen LogP contribution in [-0.4, -0.2) is 49.5 Å². The molecule has 0 heterocycles. The van der Waals surface area contributed by atoms with Gasteiger partial charge in [-0.1, -0.05) is 66.2 Å². The van der Waals surface area contributed by atoms with E-state index in [9.17, 15) is 31.2 Å². The van der Waals surface area contributed by atoms with Crippen molar-refractivity contribution in [3.8, 4) is 0 Å². The average molecular weight is 604 g/mol. The molecule has 11 heteroatoms. The number of halogens is 3. The van der Waals surface area contributed by atoms with Gasteiger partial charge in [-0.3, -0.25) is 13.9 Å². The van der Waals surface area contributed by atoms with Crippen molar-refractivity contribution in [3.63, 3.8) is 0 Å². The first-order valence-electron chi connectivity index (χ1n) is 13.3. The molecular weight excluding hydrogens is 567 g/mol. The number of hydrogen-bond donors (Lipinski definition) is 1. The summed E-state index contributed by atoms with van der Waals surface area (Å²) in [5, 5.41) is 2.92. The minimum absolute atomic E-state index is 0.0334. The molecule has 42 heavy (non-hydrogen) atoms. The second-order valence-corrected chi connectivity index (χ2v) is 13.2. The fourth-order valence-electron chi connectivity index (χ4n) is 4.35. The molecule has 0 bridgehead atoms. The van der Waals surface area contributed by atoms with Crippen molar-refractivity contribution in [2.24, 2.45) is 0 Å². The van der Waals surface area contributed by atoms with Crippen molar-refractivity contribution in [1.82, 2.24) is 10.2 Å². The molecule has 3 rings (SSSR count). The van der Waals surface area contributed by atoms with Gasteiger partial charge in [-0.25, -0.2) is 8.42 Å². The number of benzene rings is 3. The van der Waals surface area contributed by atoms with Crippen LogP contribution in [0.15, 0.2) is 78.9 Å². The zero-order valence-electron chi connectivity index (χ0n) is 24.3. The molecule has 0 unspecified atom stereocenters. The summed E-state index contributed by atoms with van der Waals surface area (Å²) in [6.45, 7) is 6.47. The molecule has 3 aromatic carbocycles. The predicted octanol–water partition coefficient (Wildman–Crippen LogP) is 5.33. The van der Waals surface area contributed by atoms with E-state index in [0.29, 0.717) is 15.9 Å². The Morgan fingerprint density at radius 1 is 0.881 bits per heavy atom. The summed E-state index contributed by atoms with van der Waals surface area (Å²) < 4.78 is 66.6. The van der Waals surface area contributed by atoms with Crippen LogP contribution in [0.2, 0.25) is 0 Å². The van der Waals surface area contributed by atoms with E-state index >= 15 is 0 Å². The van der Waals surface area contributed by atoms with Crippen molar-refractivity contribution in [3.05, 3.63) is 101 Å². The summed E-state index contributed by atoms with van der Waals surface area (Å²) in [5.41, 5.74) is 0.447. The fraction of sp³-hybridized carbons (Fsp3) is 0.355. The van der Waals surface area contributed by atoms with E-state index in [-0.39, 0.29) is 18.7 Å². The second-order valence-electron chi connectivity index (χ2n) is 11.3. The Hall–Kier alpha value is -3.86. The van der Waals surface area contributed by atoms with Crippen molar-refractivity contribution >= 4 is 27.5 Å². The molecule has 1 N–H and O–H groups in total. The molecule has 0 aliphatic carbocycles. The maximum atomic E-state index is 14.0. The maximum Gasteiger partial charge on any atom is 0.416 e. The van der Waals surface area contributed by atoms with Crippen molar-refractivity contribution in [2.45, 2.75) is 58.4 Å². The van der Waals surface area contributed by atoms with Gasteiger partial charge in [0.2, 0.25) is 21.8 Å². The Balaban J connectivity index is 2.09. The van der Waals surface area contributed by atoms with Gasteiger partial charge >= 0.3 is 6.18 Å². The lowest BCUT2D eigenvalue weighted by Gasteiger charge is -2.35. The number of nitrogens with zero attached hydrogens (tertiary/aromatic N) is 2. The van der Waals surface area contributed by atoms with Gasteiger partial charge in [-0.2, -0.15) is 13.2 Å². The molecule has 0 spiro atoms. The highest BCUT2D eigenvalue weighted by Gasteiger charge is 2.35. The van der Waals surface area contributed by atoms with Gasteiger partial charge in [-0.05, 0) is 57.0 Å². The van der Waals surface area contributed by atoms with Gasteiger partial charge in [-0.15, -0.1) is 0 Å². The molecule has 0 aromatic heterocycles. The molecule has 226 valence electrons. The van der Waals surface area contributed by atoms with Gasteiger partial charge in [0.15, 0.2) is 0 Å². The minimum Gasteiger partial charge on any atom is -0.350 e. The third-order valence-electron chi connectivity index (χ3n) is 6.38. The lowest BCUT2D eigenvalue weighted by atomic mass is 10.0. The molecule has 0 saturated carbocycles. The van der Waals surface area contributed by atoms with Crippen molar-refractivity contribution in [1.29, 1.82) is 0 Å². The maximum absolute atomic E-state index is 14.0. The average Bonchev–Trinajstić information content (AvgIpc) is 2.88. The van der Waals surface area contributed by atoms with Gasteiger partial charge in [0.25, 0.3) is 0 Å². The molecule has 2 amide bonds. The van der Waals surface area contributed by atoms with Gasteiger partial charge in [0, 0.05) is 18.5 Å². The quantitative estimate of drug-likeness (QED) is 0.339. The molecule has 0 aliphatic heterocycles. The van der Waals surface area contributed by atoms with Gasteiger partial charge in [0.05, 0.1) is 17.5 Å². The summed E-state index contributed by atoms with van der Waals surface area (Å²) in [6.07, 6.45) is -3.77. The standard InChI is InChI=1S/C31H36F3N3O4S/c1-22-14-16-24(17-15-22)20-36(27(29(39)35-30(2,3)4)18-23-10-7-6-8-11-23)28(38)21-37(42(5,40)41)26-13-9-12-25(19-26)31(32,33)34/h6-17,19,27H,18,20-21H2,1-5H3,(H,35,39)/t27-/m1/s1. The summed E-state index contributed by atoms with van der Waals surface area (Å²) in [5.74, 6) is -1.19. The summed E-state index contributed by atoms with van der Waals surface area (Å²) >= 11 is 0. The number of hydrogen-bond acceptors (Lipinski definition) is 4. The summed E-state index contributed by atoms with van der Waals surface area (Å²) in [7, 11) is -4.20.